The van der Waals surface area contributed by atoms with Gasteiger partial charge in [-0.1, -0.05) is 37.8 Å². The number of nitrogens with zero attached hydrogens (tertiary/aromatic N) is 2. The Hall–Kier alpha value is -3.28. The number of hydrogen-bond acceptors (Lipinski definition) is 4. The fraction of sp³-hybridized carbons (Fsp3) is 0.292. The third kappa shape index (κ3) is 5.00. The minimum Gasteiger partial charge on any atom is -0.508 e. The first-order valence-electron chi connectivity index (χ1n) is 10.3. The number of aromatic nitrogens is 2. The number of benzene rings is 2. The van der Waals surface area contributed by atoms with Crippen LogP contribution in [0.1, 0.15) is 36.9 Å². The Bertz CT molecular complexity index is 1010. The Morgan fingerprint density at radius 1 is 1.07 bits per heavy atom. The monoisotopic (exact) mass is 405 g/mol. The van der Waals surface area contributed by atoms with Gasteiger partial charge in [-0.3, -0.25) is 4.79 Å². The second kappa shape index (κ2) is 9.03. The molecular weight excluding hydrogens is 381 g/mol. The molecule has 0 radical (unpaired) electrons. The number of amides is 1. The maximum absolute atomic E-state index is 13.1. The topological polar surface area (TPSA) is 75.1 Å². The van der Waals surface area contributed by atoms with Gasteiger partial charge in [0.25, 0.3) is 0 Å². The molecule has 1 aliphatic carbocycles. The lowest BCUT2D eigenvalue weighted by atomic mass is 10.0. The third-order valence-corrected chi connectivity index (χ3v) is 5.50. The Labute approximate surface area is 175 Å². The summed E-state index contributed by atoms with van der Waals surface area (Å²) < 4.78 is 13.1. The molecule has 0 atom stereocenters. The molecule has 154 valence electrons. The largest absolute Gasteiger partial charge is 0.508 e. The number of halogens is 1. The molecule has 0 bridgehead atoms. The van der Waals surface area contributed by atoms with Crippen LogP contribution in [0.3, 0.4) is 0 Å². The van der Waals surface area contributed by atoms with Gasteiger partial charge >= 0.3 is 0 Å². The van der Waals surface area contributed by atoms with Gasteiger partial charge in [-0.2, -0.15) is 0 Å². The number of anilines is 1. The van der Waals surface area contributed by atoms with Crippen molar-refractivity contribution in [2.75, 3.05) is 5.32 Å². The molecule has 6 heteroatoms. The highest BCUT2D eigenvalue weighted by Gasteiger charge is 2.20. The fourth-order valence-electron chi connectivity index (χ4n) is 3.90. The van der Waals surface area contributed by atoms with Gasteiger partial charge < -0.3 is 10.4 Å². The molecule has 1 aliphatic rings. The minimum absolute atomic E-state index is 0.143. The van der Waals surface area contributed by atoms with Gasteiger partial charge in [-0.05, 0) is 54.3 Å². The molecule has 1 fully saturated rings. The van der Waals surface area contributed by atoms with Crippen molar-refractivity contribution in [3.05, 3.63) is 71.8 Å². The Kier molecular flexibility index (Phi) is 6.02. The Morgan fingerprint density at radius 2 is 1.77 bits per heavy atom. The number of rotatable bonds is 6. The zero-order chi connectivity index (χ0) is 20.9. The molecule has 30 heavy (non-hydrogen) atoms. The van der Waals surface area contributed by atoms with Crippen LogP contribution in [0.25, 0.3) is 11.3 Å². The Morgan fingerprint density at radius 3 is 2.47 bits per heavy atom. The summed E-state index contributed by atoms with van der Waals surface area (Å²) in [5.74, 6) is 0.691. The SMILES string of the molecule is O=C(Cc1ccc(F)cc1)Nc1ncc(-c2ccc(O)cc2)nc1CC1CCCC1. The van der Waals surface area contributed by atoms with E-state index in [1.54, 1.807) is 42.6 Å². The molecule has 0 aliphatic heterocycles. The number of aromatic hydroxyl groups is 1. The van der Waals surface area contributed by atoms with Crippen LogP contribution >= 0.6 is 0 Å². The van der Waals surface area contributed by atoms with E-state index in [0.29, 0.717) is 17.4 Å². The number of nitrogens with one attached hydrogen (secondary N) is 1. The average Bonchev–Trinajstić information content (AvgIpc) is 3.25. The van der Waals surface area contributed by atoms with Crippen LogP contribution in [0, 0.1) is 11.7 Å². The zero-order valence-electron chi connectivity index (χ0n) is 16.6. The maximum atomic E-state index is 13.1. The first-order chi connectivity index (χ1) is 14.6. The van der Waals surface area contributed by atoms with E-state index in [9.17, 15) is 14.3 Å². The van der Waals surface area contributed by atoms with Crippen molar-refractivity contribution in [1.82, 2.24) is 9.97 Å². The quantitative estimate of drug-likeness (QED) is 0.612. The normalized spacial score (nSPS) is 14.0. The first-order valence-corrected chi connectivity index (χ1v) is 10.3. The number of phenols is 1. The van der Waals surface area contributed by atoms with E-state index in [4.69, 9.17) is 4.98 Å². The van der Waals surface area contributed by atoms with E-state index in [0.717, 1.165) is 36.1 Å². The fourth-order valence-corrected chi connectivity index (χ4v) is 3.90. The van der Waals surface area contributed by atoms with E-state index in [1.165, 1.54) is 25.0 Å². The molecule has 0 spiro atoms. The summed E-state index contributed by atoms with van der Waals surface area (Å²) in [6, 6.07) is 12.7. The molecule has 0 unspecified atom stereocenters. The van der Waals surface area contributed by atoms with Crippen LogP contribution in [0.5, 0.6) is 5.75 Å². The summed E-state index contributed by atoms with van der Waals surface area (Å²) >= 11 is 0. The van der Waals surface area contributed by atoms with E-state index < -0.39 is 0 Å². The van der Waals surface area contributed by atoms with Crippen LogP contribution in [0.4, 0.5) is 10.2 Å². The summed E-state index contributed by atoms with van der Waals surface area (Å²) in [6.45, 7) is 0. The second-order valence-corrected chi connectivity index (χ2v) is 7.80. The summed E-state index contributed by atoms with van der Waals surface area (Å²) in [7, 11) is 0. The van der Waals surface area contributed by atoms with Crippen molar-refractivity contribution in [3.8, 4) is 17.0 Å². The van der Waals surface area contributed by atoms with Gasteiger partial charge in [0.15, 0.2) is 5.82 Å². The molecule has 1 amide bonds. The van der Waals surface area contributed by atoms with Gasteiger partial charge in [0, 0.05) is 5.56 Å². The summed E-state index contributed by atoms with van der Waals surface area (Å²) in [4.78, 5) is 21.8. The third-order valence-electron chi connectivity index (χ3n) is 5.50. The predicted molar refractivity (Wildman–Crippen MR) is 114 cm³/mol. The van der Waals surface area contributed by atoms with Crippen LogP contribution in [0.15, 0.2) is 54.7 Å². The highest BCUT2D eigenvalue weighted by Crippen LogP contribution is 2.30. The first kappa shape index (κ1) is 20.0. The molecule has 4 rings (SSSR count). The number of carbonyl (C=O) groups is 1. The molecule has 5 nitrogen and oxygen atoms in total. The summed E-state index contributed by atoms with van der Waals surface area (Å²) in [6.07, 6.45) is 7.32. The van der Waals surface area contributed by atoms with Gasteiger partial charge in [0.2, 0.25) is 5.91 Å². The standard InChI is InChI=1S/C24H24FN3O2/c25-19-9-5-17(6-10-19)14-23(30)28-24-21(13-16-3-1-2-4-16)27-22(15-26-24)18-7-11-20(29)12-8-18/h5-12,15-16,29H,1-4,13-14H2,(H,26,28,30). The van der Waals surface area contributed by atoms with Crippen LogP contribution < -0.4 is 5.32 Å². The van der Waals surface area contributed by atoms with Crippen molar-refractivity contribution < 1.29 is 14.3 Å². The molecule has 1 saturated carbocycles. The molecule has 3 aromatic rings. The summed E-state index contributed by atoms with van der Waals surface area (Å²) in [5.41, 5.74) is 3.08. The zero-order valence-corrected chi connectivity index (χ0v) is 16.6. The molecule has 2 aromatic carbocycles. The lowest BCUT2D eigenvalue weighted by molar-refractivity contribution is -0.115. The van der Waals surface area contributed by atoms with E-state index in [1.807, 2.05) is 0 Å². The van der Waals surface area contributed by atoms with Gasteiger partial charge in [0.05, 0.1) is 24.0 Å². The molecule has 2 N–H and O–H groups in total. The predicted octanol–water partition coefficient (Wildman–Crippen LogP) is 4.90. The highest BCUT2D eigenvalue weighted by molar-refractivity contribution is 5.92. The number of carbonyl (C=O) groups excluding carboxylic acids is 1. The number of hydrogen-bond donors (Lipinski definition) is 2. The molecule has 1 heterocycles. The van der Waals surface area contributed by atoms with Gasteiger partial charge in [-0.15, -0.1) is 0 Å². The van der Waals surface area contributed by atoms with Crippen LogP contribution in [-0.4, -0.2) is 21.0 Å². The maximum Gasteiger partial charge on any atom is 0.229 e. The Balaban J connectivity index is 1.56. The van der Waals surface area contributed by atoms with Gasteiger partial charge in [0.1, 0.15) is 11.6 Å². The van der Waals surface area contributed by atoms with Crippen molar-refractivity contribution in [3.63, 3.8) is 0 Å². The van der Waals surface area contributed by atoms with E-state index >= 15 is 0 Å². The molecule has 0 saturated heterocycles. The van der Waals surface area contributed by atoms with E-state index in [2.05, 4.69) is 10.3 Å². The van der Waals surface area contributed by atoms with Crippen LogP contribution in [0.2, 0.25) is 0 Å². The molecular formula is C24H24FN3O2. The van der Waals surface area contributed by atoms with Crippen molar-refractivity contribution in [2.45, 2.75) is 38.5 Å². The lowest BCUT2D eigenvalue weighted by Gasteiger charge is -2.14. The average molecular weight is 405 g/mol. The van der Waals surface area contributed by atoms with Crippen molar-refractivity contribution in [1.29, 1.82) is 0 Å². The van der Waals surface area contributed by atoms with Gasteiger partial charge in [-0.25, -0.2) is 14.4 Å². The van der Waals surface area contributed by atoms with Crippen LogP contribution in [-0.2, 0) is 17.6 Å². The van der Waals surface area contributed by atoms with Crippen molar-refractivity contribution >= 4 is 11.7 Å². The number of phenolic OH excluding ortho intramolecular Hbond substituents is 1. The van der Waals surface area contributed by atoms with E-state index in [-0.39, 0.29) is 23.9 Å². The lowest BCUT2D eigenvalue weighted by Crippen LogP contribution is -2.18. The molecule has 1 aromatic heterocycles. The smallest absolute Gasteiger partial charge is 0.229 e. The summed E-state index contributed by atoms with van der Waals surface area (Å²) in [5, 5.41) is 12.4. The van der Waals surface area contributed by atoms with Crippen molar-refractivity contribution in [2.24, 2.45) is 5.92 Å². The second-order valence-electron chi connectivity index (χ2n) is 7.80. The minimum atomic E-state index is -0.325. The highest BCUT2D eigenvalue weighted by atomic mass is 19.1.